The minimum atomic E-state index is -0.120. The van der Waals surface area contributed by atoms with Crippen LogP contribution in [0, 0.1) is 23.2 Å². The first-order chi connectivity index (χ1) is 10.0. The van der Waals surface area contributed by atoms with E-state index in [1.54, 1.807) is 0 Å². The van der Waals surface area contributed by atoms with Crippen LogP contribution in [0.4, 0.5) is 11.9 Å². The van der Waals surface area contributed by atoms with E-state index in [1.165, 1.54) is 6.42 Å². The number of aromatic nitrogens is 3. The van der Waals surface area contributed by atoms with Gasteiger partial charge < -0.3 is 11.5 Å². The zero-order valence-electron chi connectivity index (χ0n) is 12.1. The second kappa shape index (κ2) is 4.39. The molecule has 0 aliphatic heterocycles. The van der Waals surface area contributed by atoms with Crippen LogP contribution in [0.1, 0.15) is 44.3 Å². The summed E-state index contributed by atoms with van der Waals surface area (Å²) in [6.07, 6.45) is 7.21. The minimum Gasteiger partial charge on any atom is -0.368 e. The van der Waals surface area contributed by atoms with Crippen molar-refractivity contribution >= 4 is 17.7 Å². The van der Waals surface area contributed by atoms with E-state index in [1.807, 2.05) is 0 Å². The van der Waals surface area contributed by atoms with Crippen LogP contribution >= 0.6 is 0 Å². The van der Waals surface area contributed by atoms with Gasteiger partial charge in [-0.05, 0) is 50.4 Å². The topological polar surface area (TPSA) is 108 Å². The minimum absolute atomic E-state index is 0.120. The SMILES string of the molecule is Nc1nc(N)nc(CCC23CC4CC(CC(C4)C2=O)C3)n1. The summed E-state index contributed by atoms with van der Waals surface area (Å²) in [6, 6.07) is 0. The normalized spacial score (nSPS) is 37.1. The lowest BCUT2D eigenvalue weighted by atomic mass is 9.48. The second-order valence-electron chi connectivity index (χ2n) is 7.16. The highest BCUT2D eigenvalue weighted by atomic mass is 16.1. The molecule has 0 amide bonds. The van der Waals surface area contributed by atoms with Crippen LogP contribution in [-0.4, -0.2) is 20.7 Å². The molecule has 0 radical (unpaired) electrons. The van der Waals surface area contributed by atoms with Crippen molar-refractivity contribution < 1.29 is 4.79 Å². The molecule has 0 spiro atoms. The Kier molecular flexibility index (Phi) is 2.71. The first kappa shape index (κ1) is 13.0. The van der Waals surface area contributed by atoms with Gasteiger partial charge in [-0.15, -0.1) is 0 Å². The monoisotopic (exact) mass is 287 g/mol. The Hall–Kier alpha value is -1.72. The molecule has 4 aliphatic rings. The summed E-state index contributed by atoms with van der Waals surface area (Å²) in [6.45, 7) is 0. The molecule has 5 rings (SSSR count). The third-order valence-corrected chi connectivity index (χ3v) is 5.70. The number of carbonyl (C=O) groups is 1. The largest absolute Gasteiger partial charge is 0.368 e. The van der Waals surface area contributed by atoms with Crippen LogP contribution in [0.15, 0.2) is 0 Å². The summed E-state index contributed by atoms with van der Waals surface area (Å²) in [5.41, 5.74) is 11.1. The number of ketones is 1. The van der Waals surface area contributed by atoms with Gasteiger partial charge in [-0.25, -0.2) is 0 Å². The molecule has 4 fully saturated rings. The third-order valence-electron chi connectivity index (χ3n) is 5.70. The molecule has 4 N–H and O–H groups in total. The van der Waals surface area contributed by atoms with E-state index in [-0.39, 0.29) is 17.3 Å². The lowest BCUT2D eigenvalue weighted by Crippen LogP contribution is -2.53. The van der Waals surface area contributed by atoms with E-state index in [2.05, 4.69) is 15.0 Å². The number of hydrogen-bond acceptors (Lipinski definition) is 6. The number of carbonyl (C=O) groups excluding carboxylic acids is 1. The summed E-state index contributed by atoms with van der Waals surface area (Å²) >= 11 is 0. The first-order valence-corrected chi connectivity index (χ1v) is 7.84. The van der Waals surface area contributed by atoms with E-state index in [9.17, 15) is 4.79 Å². The van der Waals surface area contributed by atoms with Crippen LogP contribution in [0.2, 0.25) is 0 Å². The molecular weight excluding hydrogens is 266 g/mol. The van der Waals surface area contributed by atoms with Crippen molar-refractivity contribution in [3.8, 4) is 0 Å². The molecule has 6 heteroatoms. The van der Waals surface area contributed by atoms with E-state index in [0.717, 1.165) is 43.9 Å². The van der Waals surface area contributed by atoms with Crippen LogP contribution < -0.4 is 11.5 Å². The molecule has 4 saturated carbocycles. The van der Waals surface area contributed by atoms with Crippen LogP contribution in [-0.2, 0) is 11.2 Å². The Labute approximate surface area is 123 Å². The van der Waals surface area contributed by atoms with E-state index in [4.69, 9.17) is 11.5 Å². The smallest absolute Gasteiger partial charge is 0.225 e. The van der Waals surface area contributed by atoms with Gasteiger partial charge in [-0.1, -0.05) is 0 Å². The first-order valence-electron chi connectivity index (χ1n) is 7.84. The molecule has 4 bridgehead atoms. The quantitative estimate of drug-likeness (QED) is 0.869. The van der Waals surface area contributed by atoms with Crippen molar-refractivity contribution in [2.75, 3.05) is 11.5 Å². The number of Topliss-reactive ketones (excluding diaryl/α,β-unsaturated/α-hetero) is 1. The van der Waals surface area contributed by atoms with Crippen molar-refractivity contribution in [2.24, 2.45) is 23.2 Å². The van der Waals surface area contributed by atoms with Gasteiger partial charge in [0.05, 0.1) is 0 Å². The molecule has 4 aliphatic carbocycles. The maximum Gasteiger partial charge on any atom is 0.225 e. The third kappa shape index (κ3) is 2.08. The summed E-state index contributed by atoms with van der Waals surface area (Å²) in [5, 5.41) is 0. The molecule has 0 saturated heterocycles. The molecule has 1 heterocycles. The fraction of sp³-hybridized carbons (Fsp3) is 0.733. The van der Waals surface area contributed by atoms with Crippen molar-refractivity contribution in [1.82, 2.24) is 15.0 Å². The van der Waals surface area contributed by atoms with Gasteiger partial charge in [-0.3, -0.25) is 4.79 Å². The number of aryl methyl sites for hydroxylation is 1. The molecule has 1 aromatic heterocycles. The Morgan fingerprint density at radius 3 is 2.24 bits per heavy atom. The number of nitrogen functional groups attached to an aromatic ring is 2. The standard InChI is InChI=1S/C15H21N5O/c16-13-18-11(19-14(17)20-13)1-2-15-6-8-3-9(7-15)5-10(4-8)12(15)21/h8-10H,1-7H2,(H4,16,17,18,19,20). The average molecular weight is 287 g/mol. The molecule has 6 nitrogen and oxygen atoms in total. The van der Waals surface area contributed by atoms with E-state index < -0.39 is 0 Å². The van der Waals surface area contributed by atoms with Crippen LogP contribution in [0.3, 0.4) is 0 Å². The fourth-order valence-corrected chi connectivity index (χ4v) is 5.18. The van der Waals surface area contributed by atoms with Crippen molar-refractivity contribution in [1.29, 1.82) is 0 Å². The Balaban J connectivity index is 1.54. The van der Waals surface area contributed by atoms with Gasteiger partial charge in [-0.2, -0.15) is 15.0 Å². The molecule has 112 valence electrons. The zero-order chi connectivity index (χ0) is 14.6. The van der Waals surface area contributed by atoms with Crippen molar-refractivity contribution in [3.63, 3.8) is 0 Å². The molecular formula is C15H21N5O. The predicted molar refractivity (Wildman–Crippen MR) is 78.0 cm³/mol. The highest BCUT2D eigenvalue weighted by Gasteiger charge is 2.56. The highest BCUT2D eigenvalue weighted by Crippen LogP contribution is 2.59. The fourth-order valence-electron chi connectivity index (χ4n) is 5.18. The molecule has 0 aromatic carbocycles. The van der Waals surface area contributed by atoms with Crippen LogP contribution in [0.25, 0.3) is 0 Å². The van der Waals surface area contributed by atoms with Gasteiger partial charge in [0.25, 0.3) is 0 Å². The van der Waals surface area contributed by atoms with Gasteiger partial charge in [0.1, 0.15) is 11.6 Å². The van der Waals surface area contributed by atoms with Gasteiger partial charge in [0.2, 0.25) is 11.9 Å². The lowest BCUT2D eigenvalue weighted by molar-refractivity contribution is -0.153. The van der Waals surface area contributed by atoms with E-state index >= 15 is 0 Å². The zero-order valence-corrected chi connectivity index (χ0v) is 12.1. The number of hydrogen-bond donors (Lipinski definition) is 2. The van der Waals surface area contributed by atoms with E-state index in [0.29, 0.717) is 23.9 Å². The number of nitrogens with zero attached hydrogens (tertiary/aromatic N) is 3. The van der Waals surface area contributed by atoms with Gasteiger partial charge >= 0.3 is 0 Å². The average Bonchev–Trinajstić information content (AvgIpc) is 2.41. The summed E-state index contributed by atoms with van der Waals surface area (Å²) in [4.78, 5) is 24.8. The van der Waals surface area contributed by atoms with Gasteiger partial charge in [0, 0.05) is 17.8 Å². The van der Waals surface area contributed by atoms with Crippen molar-refractivity contribution in [3.05, 3.63) is 5.82 Å². The Morgan fingerprint density at radius 1 is 1.00 bits per heavy atom. The molecule has 1 aromatic rings. The lowest BCUT2D eigenvalue weighted by Gasteiger charge is -2.55. The summed E-state index contributed by atoms with van der Waals surface area (Å²) in [5.74, 6) is 3.28. The van der Waals surface area contributed by atoms with Crippen LogP contribution in [0.5, 0.6) is 0 Å². The number of rotatable bonds is 3. The Bertz CT molecular complexity index is 567. The number of anilines is 2. The Morgan fingerprint density at radius 2 is 1.62 bits per heavy atom. The second-order valence-corrected chi connectivity index (χ2v) is 7.16. The summed E-state index contributed by atoms with van der Waals surface area (Å²) in [7, 11) is 0. The maximum absolute atomic E-state index is 12.7. The highest BCUT2D eigenvalue weighted by molar-refractivity contribution is 5.89. The predicted octanol–water partition coefficient (Wildman–Crippen LogP) is 1.36. The molecule has 2 unspecified atom stereocenters. The maximum atomic E-state index is 12.7. The van der Waals surface area contributed by atoms with Crippen molar-refractivity contribution in [2.45, 2.75) is 44.9 Å². The molecule has 2 atom stereocenters. The number of nitrogens with two attached hydrogens (primary N) is 2. The van der Waals surface area contributed by atoms with Gasteiger partial charge in [0.15, 0.2) is 0 Å². The molecule has 21 heavy (non-hydrogen) atoms. The summed E-state index contributed by atoms with van der Waals surface area (Å²) < 4.78 is 0.